The lowest BCUT2D eigenvalue weighted by atomic mass is 10.1. The number of pyridine rings is 1. The maximum atomic E-state index is 5.32. The van der Waals surface area contributed by atoms with Crippen molar-refractivity contribution in [2.45, 2.75) is 33.2 Å². The van der Waals surface area contributed by atoms with Crippen molar-refractivity contribution in [2.75, 3.05) is 19.0 Å². The zero-order valence-corrected chi connectivity index (χ0v) is 14.2. The number of nitrogens with one attached hydrogen (secondary N) is 1. The molecule has 3 aromatic heterocycles. The largest absolute Gasteiger partial charge is 0.384 e. The molecule has 24 heavy (non-hydrogen) atoms. The molecule has 3 heterocycles. The monoisotopic (exact) mass is 328 g/mol. The number of anilines is 1. The van der Waals surface area contributed by atoms with E-state index in [0.717, 1.165) is 16.6 Å². The average Bonchev–Trinajstić information content (AvgIpc) is 3.01. The number of rotatable bonds is 6. The molecule has 0 unspecified atom stereocenters. The van der Waals surface area contributed by atoms with Crippen LogP contribution in [0.1, 0.15) is 35.9 Å². The van der Waals surface area contributed by atoms with Crippen LogP contribution in [0, 0.1) is 13.8 Å². The summed E-state index contributed by atoms with van der Waals surface area (Å²) in [5.41, 5.74) is 2.67. The van der Waals surface area contributed by atoms with Crippen molar-refractivity contribution in [3.8, 4) is 0 Å². The van der Waals surface area contributed by atoms with E-state index in [1.54, 1.807) is 7.11 Å². The Balaban J connectivity index is 1.85. The van der Waals surface area contributed by atoms with Gasteiger partial charge in [-0.25, -0.2) is 15.0 Å². The van der Waals surface area contributed by atoms with Crippen LogP contribution in [0.5, 0.6) is 0 Å². The highest BCUT2D eigenvalue weighted by atomic mass is 16.5. The highest BCUT2D eigenvalue weighted by Crippen LogP contribution is 2.25. The Labute approximate surface area is 139 Å². The molecular weight excluding hydrogens is 308 g/mol. The molecule has 0 aliphatic carbocycles. The van der Waals surface area contributed by atoms with Gasteiger partial charge in [0.05, 0.1) is 12.0 Å². The molecule has 8 nitrogen and oxygen atoms in total. The van der Waals surface area contributed by atoms with Gasteiger partial charge in [-0.1, -0.05) is 5.16 Å². The van der Waals surface area contributed by atoms with Crippen LogP contribution >= 0.6 is 0 Å². The van der Waals surface area contributed by atoms with Gasteiger partial charge in [0.15, 0.2) is 11.5 Å². The number of hydrogen-bond acceptors (Lipinski definition) is 8. The van der Waals surface area contributed by atoms with E-state index < -0.39 is 0 Å². The van der Waals surface area contributed by atoms with Gasteiger partial charge in [0.25, 0.3) is 0 Å². The third-order valence-electron chi connectivity index (χ3n) is 3.67. The number of fused-ring (bicyclic) bond motifs is 1. The normalized spacial score (nSPS) is 12.5. The quantitative estimate of drug-likeness (QED) is 0.736. The second kappa shape index (κ2) is 6.88. The molecule has 0 saturated heterocycles. The predicted octanol–water partition coefficient (Wildman–Crippen LogP) is 2.39. The fourth-order valence-corrected chi connectivity index (χ4v) is 2.52. The third-order valence-corrected chi connectivity index (χ3v) is 3.67. The van der Waals surface area contributed by atoms with E-state index in [4.69, 9.17) is 9.26 Å². The summed E-state index contributed by atoms with van der Waals surface area (Å²) >= 11 is 0. The van der Waals surface area contributed by atoms with Gasteiger partial charge in [0.2, 0.25) is 5.89 Å². The van der Waals surface area contributed by atoms with Crippen molar-refractivity contribution >= 4 is 16.9 Å². The summed E-state index contributed by atoms with van der Waals surface area (Å²) in [4.78, 5) is 17.4. The molecule has 0 amide bonds. The second-order valence-electron chi connectivity index (χ2n) is 5.66. The lowest BCUT2D eigenvalue weighted by molar-refractivity contribution is 0.199. The Hall–Kier alpha value is -2.61. The fourth-order valence-electron chi connectivity index (χ4n) is 2.52. The first-order valence-corrected chi connectivity index (χ1v) is 7.75. The topological polar surface area (TPSA) is 98.9 Å². The van der Waals surface area contributed by atoms with E-state index in [-0.39, 0.29) is 6.04 Å². The zero-order valence-electron chi connectivity index (χ0n) is 14.2. The molecule has 3 aromatic rings. The van der Waals surface area contributed by atoms with Crippen LogP contribution in [0.3, 0.4) is 0 Å². The Kier molecular flexibility index (Phi) is 4.66. The third kappa shape index (κ3) is 3.33. The molecule has 3 rings (SSSR count). The van der Waals surface area contributed by atoms with Crippen molar-refractivity contribution < 1.29 is 9.26 Å². The van der Waals surface area contributed by atoms with Crippen LogP contribution < -0.4 is 5.32 Å². The number of methoxy groups -OCH3 is 1. The second-order valence-corrected chi connectivity index (χ2v) is 5.66. The molecule has 1 N–H and O–H groups in total. The minimum absolute atomic E-state index is 0.187. The van der Waals surface area contributed by atoms with Crippen LogP contribution in [0.25, 0.3) is 11.0 Å². The Morgan fingerprint density at radius 3 is 2.88 bits per heavy atom. The number of hydrogen-bond donors (Lipinski definition) is 1. The molecule has 126 valence electrons. The van der Waals surface area contributed by atoms with E-state index in [2.05, 4.69) is 30.4 Å². The fraction of sp³-hybridized carbons (Fsp3) is 0.438. The summed E-state index contributed by atoms with van der Waals surface area (Å²) in [5, 5.41) is 8.17. The van der Waals surface area contributed by atoms with Gasteiger partial charge >= 0.3 is 0 Å². The highest BCUT2D eigenvalue weighted by Gasteiger charge is 2.17. The van der Waals surface area contributed by atoms with Crippen LogP contribution in [0.4, 0.5) is 5.82 Å². The van der Waals surface area contributed by atoms with Crippen LogP contribution in [0.15, 0.2) is 16.9 Å². The van der Waals surface area contributed by atoms with Crippen molar-refractivity contribution in [1.29, 1.82) is 0 Å². The first-order valence-electron chi connectivity index (χ1n) is 7.75. The maximum absolute atomic E-state index is 5.32. The van der Waals surface area contributed by atoms with Crippen LogP contribution in [-0.4, -0.2) is 38.8 Å². The van der Waals surface area contributed by atoms with Gasteiger partial charge in [-0.3, -0.25) is 0 Å². The zero-order chi connectivity index (χ0) is 17.1. The molecule has 0 aliphatic heterocycles. The molecule has 0 radical (unpaired) electrons. The Morgan fingerprint density at radius 1 is 1.25 bits per heavy atom. The van der Waals surface area contributed by atoms with E-state index >= 15 is 0 Å². The van der Waals surface area contributed by atoms with Gasteiger partial charge in [0.1, 0.15) is 18.2 Å². The molecule has 0 aromatic carbocycles. The summed E-state index contributed by atoms with van der Waals surface area (Å²) in [6, 6.07) is 1.82. The van der Waals surface area contributed by atoms with Gasteiger partial charge in [0, 0.05) is 19.2 Å². The Bertz CT molecular complexity index is 848. The summed E-state index contributed by atoms with van der Waals surface area (Å²) in [5.74, 6) is 1.83. The molecule has 0 aliphatic rings. The first kappa shape index (κ1) is 16.3. The smallest absolute Gasteiger partial charge is 0.248 e. The molecule has 8 heteroatoms. The van der Waals surface area contributed by atoms with E-state index in [1.165, 1.54) is 6.33 Å². The minimum Gasteiger partial charge on any atom is -0.384 e. The van der Waals surface area contributed by atoms with Gasteiger partial charge in [-0.2, -0.15) is 4.98 Å². The number of aryl methyl sites for hydroxylation is 2. The van der Waals surface area contributed by atoms with E-state index in [0.29, 0.717) is 36.2 Å². The summed E-state index contributed by atoms with van der Waals surface area (Å²) in [6.45, 7) is 6.47. The first-order chi connectivity index (χ1) is 11.6. The average molecular weight is 328 g/mol. The van der Waals surface area contributed by atoms with Crippen molar-refractivity contribution in [3.05, 3.63) is 35.4 Å². The standard InChI is InChI=1S/C16H20N6O2/c1-9-7-10(2)19-14-13(9)15(18-8-17-14)20-11(3)16-21-12(22-24-16)5-6-23-4/h7-8,11H,5-6H2,1-4H3,(H,17,18,19,20)/t11-/m1/s1. The SMILES string of the molecule is COCCc1noc([C@@H](C)Nc2ncnc3nc(C)cc(C)c23)n1. The summed E-state index contributed by atoms with van der Waals surface area (Å²) in [7, 11) is 1.64. The van der Waals surface area contributed by atoms with Crippen molar-refractivity contribution in [2.24, 2.45) is 0 Å². The summed E-state index contributed by atoms with van der Waals surface area (Å²) in [6.07, 6.45) is 2.12. The van der Waals surface area contributed by atoms with Crippen LogP contribution in [0.2, 0.25) is 0 Å². The molecule has 0 spiro atoms. The molecular formula is C16H20N6O2. The molecule has 0 saturated carbocycles. The van der Waals surface area contributed by atoms with Gasteiger partial charge in [-0.15, -0.1) is 0 Å². The van der Waals surface area contributed by atoms with Gasteiger partial charge in [-0.05, 0) is 32.4 Å². The summed E-state index contributed by atoms with van der Waals surface area (Å²) < 4.78 is 10.3. The number of nitrogens with zero attached hydrogens (tertiary/aromatic N) is 5. The predicted molar refractivity (Wildman–Crippen MR) is 88.7 cm³/mol. The lowest BCUT2D eigenvalue weighted by Gasteiger charge is -2.13. The van der Waals surface area contributed by atoms with E-state index in [1.807, 2.05) is 26.8 Å². The number of aromatic nitrogens is 5. The molecule has 0 fully saturated rings. The highest BCUT2D eigenvalue weighted by molar-refractivity contribution is 5.89. The molecule has 0 bridgehead atoms. The minimum atomic E-state index is -0.187. The van der Waals surface area contributed by atoms with Gasteiger partial charge < -0.3 is 14.6 Å². The van der Waals surface area contributed by atoms with Crippen molar-refractivity contribution in [1.82, 2.24) is 25.1 Å². The lowest BCUT2D eigenvalue weighted by Crippen LogP contribution is -2.10. The Morgan fingerprint density at radius 2 is 2.08 bits per heavy atom. The van der Waals surface area contributed by atoms with Crippen LogP contribution in [-0.2, 0) is 11.2 Å². The molecule has 1 atom stereocenters. The number of ether oxygens (including phenoxy) is 1. The van der Waals surface area contributed by atoms with E-state index in [9.17, 15) is 0 Å². The van der Waals surface area contributed by atoms with Crippen molar-refractivity contribution in [3.63, 3.8) is 0 Å². The maximum Gasteiger partial charge on any atom is 0.248 e.